The highest BCUT2D eigenvalue weighted by atomic mass is 79.9. The number of methoxy groups -OCH3 is 1. The summed E-state index contributed by atoms with van der Waals surface area (Å²) in [5.74, 6) is 1.73. The predicted molar refractivity (Wildman–Crippen MR) is 89.2 cm³/mol. The molecule has 4 heteroatoms. The molecule has 0 amide bonds. The van der Waals surface area contributed by atoms with E-state index < -0.39 is 0 Å². The average molecular weight is 350 g/mol. The van der Waals surface area contributed by atoms with Crippen LogP contribution in [0.15, 0.2) is 46.9 Å². The van der Waals surface area contributed by atoms with Crippen LogP contribution in [0.4, 0.5) is 0 Å². The number of halogens is 1. The molecule has 112 valence electrons. The van der Waals surface area contributed by atoms with Gasteiger partial charge in [-0.3, -0.25) is 0 Å². The second-order valence-corrected chi connectivity index (χ2v) is 5.47. The van der Waals surface area contributed by atoms with E-state index in [0.717, 1.165) is 16.0 Å². The Morgan fingerprint density at radius 1 is 1.10 bits per heavy atom. The molecule has 3 nitrogen and oxygen atoms in total. The number of rotatable bonds is 6. The molecule has 0 aliphatic carbocycles. The summed E-state index contributed by atoms with van der Waals surface area (Å²) in [7, 11) is 3.63. The molecule has 2 aromatic carbocycles. The SMILES string of the molecule is CCOc1ccc(C(NC)c2ccc(OC)cc2)cc1Br. The standard InChI is InChI=1S/C17H20BrNO2/c1-4-21-16-10-7-13(11-15(16)18)17(19-2)12-5-8-14(20-3)9-6-12/h5-11,17,19H,4H2,1-3H3. The summed E-state index contributed by atoms with van der Waals surface area (Å²) in [4.78, 5) is 0. The van der Waals surface area contributed by atoms with Crippen molar-refractivity contribution >= 4 is 15.9 Å². The highest BCUT2D eigenvalue weighted by molar-refractivity contribution is 9.10. The lowest BCUT2D eigenvalue weighted by molar-refractivity contribution is 0.338. The molecule has 21 heavy (non-hydrogen) atoms. The summed E-state index contributed by atoms with van der Waals surface area (Å²) in [5.41, 5.74) is 2.37. The Labute approximate surface area is 134 Å². The highest BCUT2D eigenvalue weighted by Gasteiger charge is 2.14. The van der Waals surface area contributed by atoms with Gasteiger partial charge in [-0.25, -0.2) is 0 Å². The number of hydrogen-bond donors (Lipinski definition) is 1. The first-order chi connectivity index (χ1) is 10.2. The lowest BCUT2D eigenvalue weighted by atomic mass is 9.99. The Morgan fingerprint density at radius 2 is 1.76 bits per heavy atom. The van der Waals surface area contributed by atoms with E-state index in [1.54, 1.807) is 7.11 Å². The van der Waals surface area contributed by atoms with Gasteiger partial charge < -0.3 is 14.8 Å². The molecule has 0 heterocycles. The molecular weight excluding hydrogens is 330 g/mol. The average Bonchev–Trinajstić information content (AvgIpc) is 2.51. The Balaban J connectivity index is 2.29. The maximum absolute atomic E-state index is 5.56. The highest BCUT2D eigenvalue weighted by Crippen LogP contribution is 2.31. The molecule has 1 atom stereocenters. The summed E-state index contributed by atoms with van der Waals surface area (Å²) in [5, 5.41) is 3.35. The third-order valence-electron chi connectivity index (χ3n) is 3.33. The van der Waals surface area contributed by atoms with Gasteiger partial charge in [0.2, 0.25) is 0 Å². The van der Waals surface area contributed by atoms with Gasteiger partial charge in [0.1, 0.15) is 11.5 Å². The molecule has 0 aliphatic rings. The molecule has 0 radical (unpaired) electrons. The molecule has 2 aromatic rings. The van der Waals surface area contributed by atoms with Crippen molar-refractivity contribution in [2.24, 2.45) is 0 Å². The van der Waals surface area contributed by atoms with Crippen molar-refractivity contribution in [1.82, 2.24) is 5.32 Å². The third kappa shape index (κ3) is 3.77. The molecule has 1 N–H and O–H groups in total. The van der Waals surface area contributed by atoms with E-state index in [9.17, 15) is 0 Å². The van der Waals surface area contributed by atoms with Gasteiger partial charge >= 0.3 is 0 Å². The minimum atomic E-state index is 0.128. The van der Waals surface area contributed by atoms with E-state index in [2.05, 4.69) is 45.5 Å². The first-order valence-electron chi connectivity index (χ1n) is 6.93. The summed E-state index contributed by atoms with van der Waals surface area (Å²) in [6.45, 7) is 2.64. The molecule has 0 aliphatic heterocycles. The van der Waals surface area contributed by atoms with E-state index >= 15 is 0 Å². The third-order valence-corrected chi connectivity index (χ3v) is 3.95. The summed E-state index contributed by atoms with van der Waals surface area (Å²) >= 11 is 3.57. The Kier molecular flexibility index (Phi) is 5.65. The van der Waals surface area contributed by atoms with Crippen LogP contribution in [0.2, 0.25) is 0 Å². The summed E-state index contributed by atoms with van der Waals surface area (Å²) in [6.07, 6.45) is 0. The minimum Gasteiger partial charge on any atom is -0.497 e. The monoisotopic (exact) mass is 349 g/mol. The van der Waals surface area contributed by atoms with E-state index in [0.29, 0.717) is 6.61 Å². The van der Waals surface area contributed by atoms with Crippen LogP contribution in [0.5, 0.6) is 11.5 Å². The second kappa shape index (κ2) is 7.48. The Morgan fingerprint density at radius 3 is 2.29 bits per heavy atom. The van der Waals surface area contributed by atoms with Crippen LogP contribution in [-0.4, -0.2) is 20.8 Å². The van der Waals surface area contributed by atoms with Crippen LogP contribution in [0.25, 0.3) is 0 Å². The second-order valence-electron chi connectivity index (χ2n) is 4.62. The fourth-order valence-corrected chi connectivity index (χ4v) is 2.80. The zero-order valence-electron chi connectivity index (χ0n) is 12.5. The quantitative estimate of drug-likeness (QED) is 0.848. The normalized spacial score (nSPS) is 12.0. The zero-order chi connectivity index (χ0) is 15.2. The van der Waals surface area contributed by atoms with E-state index in [1.807, 2.05) is 32.2 Å². The number of benzene rings is 2. The molecule has 0 fully saturated rings. The maximum atomic E-state index is 5.56. The van der Waals surface area contributed by atoms with E-state index in [1.165, 1.54) is 11.1 Å². The van der Waals surface area contributed by atoms with Crippen LogP contribution in [-0.2, 0) is 0 Å². The van der Waals surface area contributed by atoms with Gasteiger partial charge in [-0.2, -0.15) is 0 Å². The lowest BCUT2D eigenvalue weighted by Gasteiger charge is -2.19. The van der Waals surface area contributed by atoms with Gasteiger partial charge in [0.05, 0.1) is 24.2 Å². The molecular formula is C17H20BrNO2. The predicted octanol–water partition coefficient (Wildman–Crippen LogP) is 4.17. The fraction of sp³-hybridized carbons (Fsp3) is 0.294. The van der Waals surface area contributed by atoms with Gasteiger partial charge in [-0.05, 0) is 65.3 Å². The van der Waals surface area contributed by atoms with Crippen LogP contribution in [0, 0.1) is 0 Å². The van der Waals surface area contributed by atoms with Crippen LogP contribution in [0.1, 0.15) is 24.1 Å². The molecule has 0 spiro atoms. The number of ether oxygens (including phenoxy) is 2. The van der Waals surface area contributed by atoms with Crippen molar-refractivity contribution in [2.45, 2.75) is 13.0 Å². The maximum Gasteiger partial charge on any atom is 0.133 e. The molecule has 0 saturated heterocycles. The summed E-state index contributed by atoms with van der Waals surface area (Å²) in [6, 6.07) is 14.4. The van der Waals surface area contributed by atoms with Crippen LogP contribution < -0.4 is 14.8 Å². The largest absolute Gasteiger partial charge is 0.497 e. The van der Waals surface area contributed by atoms with Crippen molar-refractivity contribution in [1.29, 1.82) is 0 Å². The first kappa shape index (κ1) is 15.9. The van der Waals surface area contributed by atoms with Gasteiger partial charge in [-0.15, -0.1) is 0 Å². The molecule has 1 unspecified atom stereocenters. The van der Waals surface area contributed by atoms with Crippen molar-refractivity contribution in [3.63, 3.8) is 0 Å². The molecule has 0 saturated carbocycles. The molecule has 0 aromatic heterocycles. The molecule has 2 rings (SSSR count). The molecule has 0 bridgehead atoms. The minimum absolute atomic E-state index is 0.128. The smallest absolute Gasteiger partial charge is 0.133 e. The number of hydrogen-bond acceptors (Lipinski definition) is 3. The van der Waals surface area contributed by atoms with Crippen LogP contribution >= 0.6 is 15.9 Å². The van der Waals surface area contributed by atoms with Crippen molar-refractivity contribution in [2.75, 3.05) is 20.8 Å². The van der Waals surface area contributed by atoms with E-state index in [4.69, 9.17) is 9.47 Å². The first-order valence-corrected chi connectivity index (χ1v) is 7.72. The van der Waals surface area contributed by atoms with Gasteiger partial charge in [-0.1, -0.05) is 18.2 Å². The Hall–Kier alpha value is -1.52. The van der Waals surface area contributed by atoms with Gasteiger partial charge in [0, 0.05) is 0 Å². The van der Waals surface area contributed by atoms with Gasteiger partial charge in [0.25, 0.3) is 0 Å². The van der Waals surface area contributed by atoms with Crippen molar-refractivity contribution in [3.05, 3.63) is 58.1 Å². The summed E-state index contributed by atoms with van der Waals surface area (Å²) < 4.78 is 11.7. The van der Waals surface area contributed by atoms with Crippen molar-refractivity contribution < 1.29 is 9.47 Å². The van der Waals surface area contributed by atoms with Gasteiger partial charge in [0.15, 0.2) is 0 Å². The fourth-order valence-electron chi connectivity index (χ4n) is 2.29. The number of nitrogens with one attached hydrogen (secondary N) is 1. The zero-order valence-corrected chi connectivity index (χ0v) is 14.1. The van der Waals surface area contributed by atoms with Crippen LogP contribution in [0.3, 0.4) is 0 Å². The topological polar surface area (TPSA) is 30.5 Å². The van der Waals surface area contributed by atoms with E-state index in [-0.39, 0.29) is 6.04 Å². The van der Waals surface area contributed by atoms with Crippen molar-refractivity contribution in [3.8, 4) is 11.5 Å². The Bertz CT molecular complexity index is 584. The lowest BCUT2D eigenvalue weighted by Crippen LogP contribution is -2.17.